The van der Waals surface area contributed by atoms with Gasteiger partial charge in [-0.3, -0.25) is 9.59 Å². The summed E-state index contributed by atoms with van der Waals surface area (Å²) in [6, 6.07) is 14.0. The van der Waals surface area contributed by atoms with E-state index in [1.54, 1.807) is 36.4 Å². The topological polar surface area (TPSA) is 89.8 Å². The SMILES string of the molecule is CCOc1cc(NC(=O)c2ccco2)c(OCC)cc1NC(=O)c1ccc(C(C)(C)C)cc1. The van der Waals surface area contributed by atoms with Crippen molar-refractivity contribution in [3.8, 4) is 11.5 Å². The van der Waals surface area contributed by atoms with Gasteiger partial charge < -0.3 is 24.5 Å². The Bertz CT molecular complexity index is 1100. The zero-order valence-electron chi connectivity index (χ0n) is 19.7. The summed E-state index contributed by atoms with van der Waals surface area (Å²) in [5.74, 6) is 0.298. The van der Waals surface area contributed by atoms with Gasteiger partial charge in [0.05, 0.1) is 30.9 Å². The van der Waals surface area contributed by atoms with Gasteiger partial charge in [0.25, 0.3) is 11.8 Å². The van der Waals surface area contributed by atoms with E-state index in [0.717, 1.165) is 5.56 Å². The summed E-state index contributed by atoms with van der Waals surface area (Å²) in [6.45, 7) is 10.8. The largest absolute Gasteiger partial charge is 0.492 e. The summed E-state index contributed by atoms with van der Waals surface area (Å²) < 4.78 is 16.6. The van der Waals surface area contributed by atoms with Crippen molar-refractivity contribution in [2.75, 3.05) is 23.8 Å². The van der Waals surface area contributed by atoms with Gasteiger partial charge >= 0.3 is 0 Å². The predicted molar refractivity (Wildman–Crippen MR) is 129 cm³/mol. The molecular weight excluding hydrogens is 420 g/mol. The Balaban J connectivity index is 1.89. The zero-order valence-corrected chi connectivity index (χ0v) is 19.7. The summed E-state index contributed by atoms with van der Waals surface area (Å²) in [6.07, 6.45) is 1.43. The fourth-order valence-corrected chi connectivity index (χ4v) is 3.21. The first-order valence-electron chi connectivity index (χ1n) is 10.9. The minimum absolute atomic E-state index is 0.000550. The lowest BCUT2D eigenvalue weighted by atomic mass is 9.87. The second kappa shape index (κ2) is 10.3. The van der Waals surface area contributed by atoms with E-state index in [-0.39, 0.29) is 17.1 Å². The molecule has 0 aliphatic carbocycles. The summed E-state index contributed by atoms with van der Waals surface area (Å²) >= 11 is 0. The van der Waals surface area contributed by atoms with Crippen LogP contribution in [0, 0.1) is 0 Å². The number of carbonyl (C=O) groups excluding carboxylic acids is 2. The van der Waals surface area contributed by atoms with Crippen molar-refractivity contribution in [2.45, 2.75) is 40.0 Å². The Hall–Kier alpha value is -3.74. The summed E-state index contributed by atoms with van der Waals surface area (Å²) in [4.78, 5) is 25.4. The highest BCUT2D eigenvalue weighted by atomic mass is 16.5. The molecule has 0 radical (unpaired) electrons. The third-order valence-corrected chi connectivity index (χ3v) is 4.94. The average Bonchev–Trinajstić information content (AvgIpc) is 3.31. The first kappa shape index (κ1) is 23.9. The van der Waals surface area contributed by atoms with Crippen LogP contribution < -0.4 is 20.1 Å². The number of furan rings is 1. The van der Waals surface area contributed by atoms with Gasteiger partial charge in [0, 0.05) is 17.7 Å². The molecule has 174 valence electrons. The number of benzene rings is 2. The van der Waals surface area contributed by atoms with Crippen molar-refractivity contribution in [2.24, 2.45) is 0 Å². The number of carbonyl (C=O) groups is 2. The molecule has 2 amide bonds. The van der Waals surface area contributed by atoms with Gasteiger partial charge in [0.2, 0.25) is 0 Å². The van der Waals surface area contributed by atoms with Crippen LogP contribution in [0.25, 0.3) is 0 Å². The third kappa shape index (κ3) is 5.94. The first-order valence-corrected chi connectivity index (χ1v) is 10.9. The molecule has 0 fully saturated rings. The zero-order chi connectivity index (χ0) is 24.0. The molecular formula is C26H30N2O5. The van der Waals surface area contributed by atoms with Crippen molar-refractivity contribution >= 4 is 23.2 Å². The van der Waals surface area contributed by atoms with Crippen LogP contribution in [-0.4, -0.2) is 25.0 Å². The lowest BCUT2D eigenvalue weighted by Crippen LogP contribution is -2.16. The van der Waals surface area contributed by atoms with Gasteiger partial charge in [-0.15, -0.1) is 0 Å². The molecule has 33 heavy (non-hydrogen) atoms. The van der Waals surface area contributed by atoms with E-state index in [0.29, 0.717) is 41.7 Å². The standard InChI is InChI=1S/C26H30N2O5/c1-6-31-22-16-20(28-25(30)21-9-8-14-33-21)23(32-7-2)15-19(22)27-24(29)17-10-12-18(13-11-17)26(3,4)5/h8-16H,6-7H2,1-5H3,(H,27,29)(H,28,30). The number of rotatable bonds is 8. The number of anilines is 2. The van der Waals surface area contributed by atoms with E-state index in [1.165, 1.54) is 6.26 Å². The highest BCUT2D eigenvalue weighted by Gasteiger charge is 2.19. The van der Waals surface area contributed by atoms with Crippen LogP contribution in [0.3, 0.4) is 0 Å². The van der Waals surface area contributed by atoms with Crippen LogP contribution in [0.4, 0.5) is 11.4 Å². The molecule has 0 aliphatic rings. The normalized spacial score (nSPS) is 11.1. The van der Waals surface area contributed by atoms with E-state index >= 15 is 0 Å². The fraction of sp³-hybridized carbons (Fsp3) is 0.308. The molecule has 0 atom stereocenters. The van der Waals surface area contributed by atoms with E-state index in [9.17, 15) is 9.59 Å². The van der Waals surface area contributed by atoms with Gasteiger partial charge in [-0.2, -0.15) is 0 Å². The molecule has 7 heteroatoms. The van der Waals surface area contributed by atoms with E-state index in [1.807, 2.05) is 26.0 Å². The monoisotopic (exact) mass is 450 g/mol. The van der Waals surface area contributed by atoms with Crippen molar-refractivity contribution in [3.05, 3.63) is 71.7 Å². The van der Waals surface area contributed by atoms with Crippen LogP contribution in [0.2, 0.25) is 0 Å². The molecule has 0 bridgehead atoms. The molecule has 1 heterocycles. The molecule has 7 nitrogen and oxygen atoms in total. The van der Waals surface area contributed by atoms with Gasteiger partial charge in [-0.1, -0.05) is 32.9 Å². The van der Waals surface area contributed by atoms with Crippen LogP contribution in [0.5, 0.6) is 11.5 Å². The average molecular weight is 451 g/mol. The minimum atomic E-state index is -0.417. The molecule has 0 saturated heterocycles. The molecule has 0 saturated carbocycles. The second-order valence-corrected chi connectivity index (χ2v) is 8.42. The molecule has 2 N–H and O–H groups in total. The number of ether oxygens (including phenoxy) is 2. The van der Waals surface area contributed by atoms with Gasteiger partial charge in [0.15, 0.2) is 5.76 Å². The Morgan fingerprint density at radius 2 is 1.39 bits per heavy atom. The highest BCUT2D eigenvalue weighted by Crippen LogP contribution is 2.37. The lowest BCUT2D eigenvalue weighted by molar-refractivity contribution is 0.0993. The van der Waals surface area contributed by atoms with E-state index in [2.05, 4.69) is 31.4 Å². The molecule has 0 aliphatic heterocycles. The van der Waals surface area contributed by atoms with Crippen molar-refractivity contribution < 1.29 is 23.5 Å². The van der Waals surface area contributed by atoms with Crippen molar-refractivity contribution in [3.63, 3.8) is 0 Å². The minimum Gasteiger partial charge on any atom is -0.492 e. The second-order valence-electron chi connectivity index (χ2n) is 8.42. The maximum atomic E-state index is 12.9. The summed E-state index contributed by atoms with van der Waals surface area (Å²) in [7, 11) is 0. The van der Waals surface area contributed by atoms with Crippen LogP contribution in [-0.2, 0) is 5.41 Å². The van der Waals surface area contributed by atoms with Gasteiger partial charge in [0.1, 0.15) is 11.5 Å². The molecule has 1 aromatic heterocycles. The smallest absolute Gasteiger partial charge is 0.291 e. The van der Waals surface area contributed by atoms with Gasteiger partial charge in [-0.25, -0.2) is 0 Å². The molecule has 3 rings (SSSR count). The van der Waals surface area contributed by atoms with Crippen LogP contribution in [0.1, 0.15) is 61.1 Å². The summed E-state index contributed by atoms with van der Waals surface area (Å²) in [5, 5.41) is 5.68. The molecule has 3 aromatic rings. The van der Waals surface area contributed by atoms with Crippen LogP contribution in [0.15, 0.2) is 59.2 Å². The maximum Gasteiger partial charge on any atom is 0.291 e. The quantitative estimate of drug-likeness (QED) is 0.447. The van der Waals surface area contributed by atoms with Crippen molar-refractivity contribution in [1.29, 1.82) is 0 Å². The first-order chi connectivity index (χ1) is 15.7. The number of amides is 2. The lowest BCUT2D eigenvalue weighted by Gasteiger charge is -2.19. The molecule has 0 spiro atoms. The Kier molecular flexibility index (Phi) is 7.43. The third-order valence-electron chi connectivity index (χ3n) is 4.94. The fourth-order valence-electron chi connectivity index (χ4n) is 3.21. The summed E-state index contributed by atoms with van der Waals surface area (Å²) in [5.41, 5.74) is 2.53. The molecule has 0 unspecified atom stereocenters. The Morgan fingerprint density at radius 1 is 0.848 bits per heavy atom. The van der Waals surface area contributed by atoms with Gasteiger partial charge in [-0.05, 0) is 49.1 Å². The Morgan fingerprint density at radius 3 is 1.85 bits per heavy atom. The highest BCUT2D eigenvalue weighted by molar-refractivity contribution is 6.06. The van der Waals surface area contributed by atoms with E-state index in [4.69, 9.17) is 13.9 Å². The maximum absolute atomic E-state index is 12.9. The number of hydrogen-bond acceptors (Lipinski definition) is 5. The molecule has 2 aromatic carbocycles. The van der Waals surface area contributed by atoms with Crippen LogP contribution >= 0.6 is 0 Å². The predicted octanol–water partition coefficient (Wildman–Crippen LogP) is 5.88. The number of nitrogens with one attached hydrogen (secondary N) is 2. The Labute approximate surface area is 194 Å². The van der Waals surface area contributed by atoms with E-state index < -0.39 is 5.91 Å². The van der Waals surface area contributed by atoms with Crippen molar-refractivity contribution in [1.82, 2.24) is 0 Å². The number of hydrogen-bond donors (Lipinski definition) is 2.